The Morgan fingerprint density at radius 2 is 1.50 bits per heavy atom. The second kappa shape index (κ2) is 7.14. The van der Waals surface area contributed by atoms with Crippen LogP contribution in [-0.2, 0) is 9.59 Å². The number of carbonyl (C=O) groups excluding carboxylic acids is 2. The summed E-state index contributed by atoms with van der Waals surface area (Å²) in [6.07, 6.45) is 10.7. The molecule has 2 saturated carbocycles. The molecule has 0 aromatic carbocycles. The first-order chi connectivity index (χ1) is 12.5. The van der Waals surface area contributed by atoms with Crippen LogP contribution in [0.1, 0.15) is 71.6 Å². The van der Waals surface area contributed by atoms with Crippen molar-refractivity contribution in [3.05, 3.63) is 0 Å². The van der Waals surface area contributed by atoms with Crippen LogP contribution in [0.25, 0.3) is 0 Å². The maximum absolute atomic E-state index is 13.6. The molecule has 26 heavy (non-hydrogen) atoms. The Morgan fingerprint density at radius 1 is 0.885 bits per heavy atom. The molecule has 0 aromatic heterocycles. The Balaban J connectivity index is 1.54. The molecule has 0 spiro atoms. The van der Waals surface area contributed by atoms with E-state index in [-0.39, 0.29) is 30.1 Å². The van der Waals surface area contributed by atoms with Crippen molar-refractivity contribution in [2.24, 2.45) is 5.92 Å². The first-order valence-corrected chi connectivity index (χ1v) is 10.8. The number of piperazine rings is 1. The van der Waals surface area contributed by atoms with Crippen LogP contribution in [0.5, 0.6) is 0 Å². The van der Waals surface area contributed by atoms with Gasteiger partial charge in [-0.15, -0.1) is 0 Å². The Kier molecular flexibility index (Phi) is 5.02. The van der Waals surface area contributed by atoms with Crippen LogP contribution in [-0.4, -0.2) is 70.3 Å². The lowest BCUT2D eigenvalue weighted by Gasteiger charge is -2.53. The minimum absolute atomic E-state index is 0.0572. The van der Waals surface area contributed by atoms with Crippen LogP contribution in [0.2, 0.25) is 0 Å². The average molecular weight is 362 g/mol. The summed E-state index contributed by atoms with van der Waals surface area (Å²) in [4.78, 5) is 32.5. The summed E-state index contributed by atoms with van der Waals surface area (Å²) in [7, 11) is 2.17. The van der Waals surface area contributed by atoms with Gasteiger partial charge in [-0.3, -0.25) is 14.5 Å². The van der Waals surface area contributed by atoms with Crippen LogP contribution < -0.4 is 0 Å². The summed E-state index contributed by atoms with van der Waals surface area (Å²) >= 11 is 0. The zero-order chi connectivity index (χ0) is 18.4. The van der Waals surface area contributed by atoms with Gasteiger partial charge in [0.25, 0.3) is 0 Å². The molecule has 6 atom stereocenters. The van der Waals surface area contributed by atoms with E-state index in [2.05, 4.69) is 28.7 Å². The predicted molar refractivity (Wildman–Crippen MR) is 102 cm³/mol. The number of amides is 2. The van der Waals surface area contributed by atoms with Gasteiger partial charge in [-0.25, -0.2) is 0 Å². The molecule has 4 aliphatic rings. The summed E-state index contributed by atoms with van der Waals surface area (Å²) < 4.78 is 0. The van der Waals surface area contributed by atoms with Crippen LogP contribution in [0.4, 0.5) is 0 Å². The molecule has 2 amide bonds. The van der Waals surface area contributed by atoms with Crippen molar-refractivity contribution in [3.63, 3.8) is 0 Å². The monoisotopic (exact) mass is 361 g/mol. The number of fused-ring (bicyclic) bond motifs is 2. The van der Waals surface area contributed by atoms with Gasteiger partial charge in [-0.05, 0) is 52.0 Å². The number of rotatable bonds is 1. The van der Waals surface area contributed by atoms with E-state index < -0.39 is 0 Å². The fraction of sp³-hybridized carbons (Fsp3) is 0.905. The Bertz CT molecular complexity index is 565. The molecule has 2 aliphatic heterocycles. The van der Waals surface area contributed by atoms with E-state index >= 15 is 0 Å². The molecule has 0 bridgehead atoms. The van der Waals surface area contributed by atoms with Gasteiger partial charge in [-0.2, -0.15) is 0 Å². The molecule has 5 nitrogen and oxygen atoms in total. The fourth-order valence-corrected chi connectivity index (χ4v) is 6.56. The Labute approximate surface area is 158 Å². The highest BCUT2D eigenvalue weighted by Crippen LogP contribution is 2.40. The second-order valence-electron chi connectivity index (χ2n) is 9.21. The lowest BCUT2D eigenvalue weighted by atomic mass is 9.83. The Hall–Kier alpha value is -1.10. The van der Waals surface area contributed by atoms with Crippen LogP contribution >= 0.6 is 0 Å². The number of likely N-dealkylation sites (N-methyl/N-ethyl adjacent to an activating group) is 1. The molecule has 5 heteroatoms. The third kappa shape index (κ3) is 2.96. The molecule has 2 saturated heterocycles. The molecule has 146 valence electrons. The van der Waals surface area contributed by atoms with E-state index in [1.807, 2.05) is 0 Å². The maximum atomic E-state index is 13.6. The lowest BCUT2D eigenvalue weighted by Crippen LogP contribution is -2.67. The largest absolute Gasteiger partial charge is 0.334 e. The summed E-state index contributed by atoms with van der Waals surface area (Å²) in [6.45, 7) is 4.51. The zero-order valence-electron chi connectivity index (χ0n) is 16.7. The van der Waals surface area contributed by atoms with Gasteiger partial charge in [0.1, 0.15) is 0 Å². The van der Waals surface area contributed by atoms with Crippen LogP contribution in [0.3, 0.4) is 0 Å². The molecule has 2 heterocycles. The van der Waals surface area contributed by atoms with Gasteiger partial charge in [0.2, 0.25) is 11.8 Å². The topological polar surface area (TPSA) is 43.9 Å². The van der Waals surface area contributed by atoms with Crippen molar-refractivity contribution in [2.75, 3.05) is 13.6 Å². The van der Waals surface area contributed by atoms with E-state index in [1.54, 1.807) is 6.92 Å². The molecule has 0 aromatic rings. The molecule has 4 rings (SSSR count). The highest BCUT2D eigenvalue weighted by atomic mass is 16.2. The molecule has 0 N–H and O–H groups in total. The van der Waals surface area contributed by atoms with Gasteiger partial charge in [0.05, 0.1) is 18.1 Å². The van der Waals surface area contributed by atoms with Gasteiger partial charge in [0, 0.05) is 25.6 Å². The molecule has 4 fully saturated rings. The summed E-state index contributed by atoms with van der Waals surface area (Å²) in [6, 6.07) is 1.25. The first kappa shape index (κ1) is 18.3. The smallest absolute Gasteiger partial charge is 0.240 e. The lowest BCUT2D eigenvalue weighted by molar-refractivity contribution is -0.155. The molecular formula is C21H35N3O2. The van der Waals surface area contributed by atoms with Crippen molar-refractivity contribution >= 4 is 11.8 Å². The van der Waals surface area contributed by atoms with Crippen molar-refractivity contribution in [1.82, 2.24) is 14.7 Å². The Morgan fingerprint density at radius 3 is 2.15 bits per heavy atom. The number of likely N-dealkylation sites (tertiary alicyclic amines) is 1. The van der Waals surface area contributed by atoms with Crippen molar-refractivity contribution in [3.8, 4) is 0 Å². The highest BCUT2D eigenvalue weighted by molar-refractivity contribution is 5.83. The van der Waals surface area contributed by atoms with Gasteiger partial charge in [-0.1, -0.05) is 25.7 Å². The average Bonchev–Trinajstić information content (AvgIpc) is 2.97. The van der Waals surface area contributed by atoms with Gasteiger partial charge in [0.15, 0.2) is 0 Å². The van der Waals surface area contributed by atoms with E-state index in [9.17, 15) is 9.59 Å². The number of hydrogen-bond donors (Lipinski definition) is 0. The number of hydrogen-bond acceptors (Lipinski definition) is 3. The minimum Gasteiger partial charge on any atom is -0.334 e. The molecular weight excluding hydrogens is 326 g/mol. The molecule has 2 aliphatic carbocycles. The maximum Gasteiger partial charge on any atom is 0.240 e. The van der Waals surface area contributed by atoms with Gasteiger partial charge < -0.3 is 9.80 Å². The van der Waals surface area contributed by atoms with Crippen molar-refractivity contribution in [1.29, 1.82) is 0 Å². The minimum atomic E-state index is 0.0572. The van der Waals surface area contributed by atoms with E-state index in [0.717, 1.165) is 19.3 Å². The summed E-state index contributed by atoms with van der Waals surface area (Å²) in [5, 5.41) is 0. The van der Waals surface area contributed by atoms with E-state index in [4.69, 9.17) is 0 Å². The standard InChI is InChI=1S/C21H35N3O2/c1-14-13-23(18-10-6-7-11-19(18)24(14)15(2)25)21(26)20-12-16-8-4-5-9-17(16)22(20)3/h14,16-20H,4-13H2,1-3H3/t14-,16?,17?,18?,19?,20?/m0/s1. The van der Waals surface area contributed by atoms with Crippen molar-refractivity contribution < 1.29 is 9.59 Å². The van der Waals surface area contributed by atoms with Gasteiger partial charge >= 0.3 is 0 Å². The first-order valence-electron chi connectivity index (χ1n) is 10.8. The number of nitrogens with zero attached hydrogens (tertiary/aromatic N) is 3. The number of carbonyl (C=O) groups is 2. The van der Waals surface area contributed by atoms with E-state index in [0.29, 0.717) is 24.4 Å². The highest BCUT2D eigenvalue weighted by Gasteiger charge is 2.49. The van der Waals surface area contributed by atoms with Crippen molar-refractivity contribution in [2.45, 2.75) is 102 Å². The van der Waals surface area contributed by atoms with Crippen LogP contribution in [0, 0.1) is 5.92 Å². The second-order valence-corrected chi connectivity index (χ2v) is 9.21. The molecule has 0 radical (unpaired) electrons. The quantitative estimate of drug-likeness (QED) is 0.721. The van der Waals surface area contributed by atoms with E-state index in [1.165, 1.54) is 38.5 Å². The summed E-state index contributed by atoms with van der Waals surface area (Å²) in [5.74, 6) is 1.22. The van der Waals surface area contributed by atoms with Crippen LogP contribution in [0.15, 0.2) is 0 Å². The molecule has 5 unspecified atom stereocenters. The SMILES string of the molecule is CC(=O)N1C2CCCCC2N(C(=O)C2CC3CCCCC3N2C)C[C@@H]1C. The zero-order valence-corrected chi connectivity index (χ0v) is 16.7. The summed E-state index contributed by atoms with van der Waals surface area (Å²) in [5.41, 5.74) is 0. The fourth-order valence-electron chi connectivity index (χ4n) is 6.56. The third-order valence-electron chi connectivity index (χ3n) is 7.73. The predicted octanol–water partition coefficient (Wildman–Crippen LogP) is 2.64. The third-order valence-corrected chi connectivity index (χ3v) is 7.73. The normalized spacial score (nSPS) is 40.9.